The van der Waals surface area contributed by atoms with Crippen LogP contribution in [0.25, 0.3) is 0 Å². The van der Waals surface area contributed by atoms with Crippen molar-refractivity contribution in [3.63, 3.8) is 0 Å². The van der Waals surface area contributed by atoms with Crippen LogP contribution in [0.1, 0.15) is 24.5 Å². The van der Waals surface area contributed by atoms with Crippen molar-refractivity contribution in [1.82, 2.24) is 5.43 Å². The van der Waals surface area contributed by atoms with Gasteiger partial charge in [0, 0.05) is 6.42 Å². The van der Waals surface area contributed by atoms with Crippen LogP contribution < -0.4 is 19.6 Å². The molecule has 0 aliphatic carbocycles. The summed E-state index contributed by atoms with van der Waals surface area (Å²) in [7, 11) is 2.84. The molecule has 0 fully saturated rings. The summed E-state index contributed by atoms with van der Waals surface area (Å²) in [6, 6.07) is 13.5. The number of carbonyl (C=O) groups is 1. The van der Waals surface area contributed by atoms with E-state index in [0.29, 0.717) is 24.7 Å². The molecular formula is C21H26N2O5. The first kappa shape index (κ1) is 21.1. The van der Waals surface area contributed by atoms with E-state index in [1.807, 2.05) is 18.2 Å². The number of hydrazone groups is 1. The Labute approximate surface area is 165 Å². The van der Waals surface area contributed by atoms with Gasteiger partial charge in [0.2, 0.25) is 0 Å². The lowest BCUT2D eigenvalue weighted by atomic mass is 10.2. The van der Waals surface area contributed by atoms with Crippen LogP contribution in [0.5, 0.6) is 17.2 Å². The van der Waals surface area contributed by atoms with Crippen LogP contribution in [0.3, 0.4) is 0 Å². The van der Waals surface area contributed by atoms with Gasteiger partial charge in [-0.25, -0.2) is 10.2 Å². The van der Waals surface area contributed by atoms with Gasteiger partial charge in [-0.05, 0) is 47.9 Å². The zero-order valence-electron chi connectivity index (χ0n) is 16.4. The molecule has 2 aromatic rings. The minimum absolute atomic E-state index is 0.501. The Kier molecular flexibility index (Phi) is 8.65. The topological polar surface area (TPSA) is 78.4 Å². The zero-order valence-corrected chi connectivity index (χ0v) is 16.4. The average Bonchev–Trinajstić information content (AvgIpc) is 2.74. The number of ether oxygens (including phenoxy) is 4. The second-order valence-corrected chi connectivity index (χ2v) is 5.82. The molecule has 150 valence electrons. The summed E-state index contributed by atoms with van der Waals surface area (Å²) < 4.78 is 21.3. The molecule has 1 amide bonds. The minimum atomic E-state index is -0.633. The van der Waals surface area contributed by atoms with Gasteiger partial charge in [-0.15, -0.1) is 0 Å². The highest BCUT2D eigenvalue weighted by atomic mass is 16.5. The molecule has 1 N–H and O–H groups in total. The summed E-state index contributed by atoms with van der Waals surface area (Å²) in [6.07, 6.45) is 2.61. The third kappa shape index (κ3) is 6.83. The van der Waals surface area contributed by atoms with Gasteiger partial charge in [-0.2, -0.15) is 5.10 Å². The molecule has 0 bridgehead atoms. The van der Waals surface area contributed by atoms with Gasteiger partial charge in [-0.3, -0.25) is 0 Å². The molecule has 0 saturated heterocycles. The summed E-state index contributed by atoms with van der Waals surface area (Å²) in [5.41, 5.74) is 4.26. The molecule has 0 spiro atoms. The SMILES string of the molecule is CCc1ccc(OCCCOc2ccc(/C=N/NC(=O)OC)cc2OC)cc1. The number of nitrogens with one attached hydrogen (secondary N) is 1. The Morgan fingerprint density at radius 1 is 1.04 bits per heavy atom. The van der Waals surface area contributed by atoms with Crippen molar-refractivity contribution in [2.45, 2.75) is 19.8 Å². The normalized spacial score (nSPS) is 10.5. The number of nitrogens with zero attached hydrogens (tertiary/aromatic N) is 1. The Morgan fingerprint density at radius 2 is 1.79 bits per heavy atom. The maximum Gasteiger partial charge on any atom is 0.427 e. The molecule has 2 rings (SSSR count). The van der Waals surface area contributed by atoms with Crippen molar-refractivity contribution in [3.8, 4) is 17.2 Å². The monoisotopic (exact) mass is 386 g/mol. The van der Waals surface area contributed by atoms with E-state index in [0.717, 1.165) is 24.2 Å². The quantitative estimate of drug-likeness (QED) is 0.382. The molecule has 28 heavy (non-hydrogen) atoms. The maximum atomic E-state index is 11.0. The number of hydrogen-bond donors (Lipinski definition) is 1. The van der Waals surface area contributed by atoms with Gasteiger partial charge < -0.3 is 18.9 Å². The fourth-order valence-electron chi connectivity index (χ4n) is 2.34. The molecule has 0 aromatic heterocycles. The van der Waals surface area contributed by atoms with Crippen LogP contribution in [-0.4, -0.2) is 39.7 Å². The van der Waals surface area contributed by atoms with E-state index in [9.17, 15) is 4.79 Å². The molecule has 0 atom stereocenters. The minimum Gasteiger partial charge on any atom is -0.493 e. The maximum absolute atomic E-state index is 11.0. The van der Waals surface area contributed by atoms with E-state index in [4.69, 9.17) is 14.2 Å². The fraction of sp³-hybridized carbons (Fsp3) is 0.333. The molecule has 2 aromatic carbocycles. The van der Waals surface area contributed by atoms with E-state index in [2.05, 4.69) is 34.3 Å². The zero-order chi connectivity index (χ0) is 20.2. The van der Waals surface area contributed by atoms with Crippen molar-refractivity contribution >= 4 is 12.3 Å². The molecule has 7 heteroatoms. The average molecular weight is 386 g/mol. The third-order valence-corrected chi connectivity index (χ3v) is 3.89. The second-order valence-electron chi connectivity index (χ2n) is 5.82. The third-order valence-electron chi connectivity index (χ3n) is 3.89. The van der Waals surface area contributed by atoms with Crippen molar-refractivity contribution in [2.24, 2.45) is 5.10 Å². The highest BCUT2D eigenvalue weighted by molar-refractivity contribution is 5.82. The van der Waals surface area contributed by atoms with Crippen LogP contribution >= 0.6 is 0 Å². The van der Waals surface area contributed by atoms with Gasteiger partial charge >= 0.3 is 6.09 Å². The molecule has 7 nitrogen and oxygen atoms in total. The van der Waals surface area contributed by atoms with E-state index in [1.54, 1.807) is 19.2 Å². The predicted octanol–water partition coefficient (Wildman–Crippen LogP) is 3.80. The van der Waals surface area contributed by atoms with Crippen LogP contribution in [-0.2, 0) is 11.2 Å². The number of methoxy groups -OCH3 is 2. The summed E-state index contributed by atoms with van der Waals surface area (Å²) in [5.74, 6) is 2.07. The van der Waals surface area contributed by atoms with E-state index in [1.165, 1.54) is 18.9 Å². The number of hydrogen-bond acceptors (Lipinski definition) is 6. The first-order valence-corrected chi connectivity index (χ1v) is 9.06. The Bertz CT molecular complexity index is 775. The first-order valence-electron chi connectivity index (χ1n) is 9.06. The summed E-state index contributed by atoms with van der Waals surface area (Å²) in [4.78, 5) is 11.0. The van der Waals surface area contributed by atoms with Crippen molar-refractivity contribution in [1.29, 1.82) is 0 Å². The van der Waals surface area contributed by atoms with Gasteiger partial charge in [0.15, 0.2) is 11.5 Å². The number of aryl methyl sites for hydroxylation is 1. The first-order chi connectivity index (χ1) is 13.7. The fourth-order valence-corrected chi connectivity index (χ4v) is 2.34. The number of carbonyl (C=O) groups excluding carboxylic acids is 1. The van der Waals surface area contributed by atoms with Crippen molar-refractivity contribution in [2.75, 3.05) is 27.4 Å². The number of rotatable bonds is 10. The van der Waals surface area contributed by atoms with E-state index in [-0.39, 0.29) is 0 Å². The lowest BCUT2D eigenvalue weighted by Gasteiger charge is -2.12. The highest BCUT2D eigenvalue weighted by Crippen LogP contribution is 2.27. The van der Waals surface area contributed by atoms with Crippen LogP contribution in [0.2, 0.25) is 0 Å². The standard InChI is InChI=1S/C21H26N2O5/c1-4-16-6-9-18(10-7-16)27-12-5-13-28-19-11-8-17(14-20(19)25-2)15-22-23-21(24)26-3/h6-11,14-15H,4-5,12-13H2,1-3H3,(H,23,24)/b22-15+. The molecule has 0 aliphatic heterocycles. The molecule has 0 radical (unpaired) electrons. The Morgan fingerprint density at radius 3 is 2.46 bits per heavy atom. The molecule has 0 aliphatic rings. The summed E-state index contributed by atoms with van der Waals surface area (Å²) in [5, 5.41) is 3.78. The van der Waals surface area contributed by atoms with Crippen LogP contribution in [0, 0.1) is 0 Å². The van der Waals surface area contributed by atoms with Gasteiger partial charge in [0.1, 0.15) is 5.75 Å². The molecule has 0 heterocycles. The lowest BCUT2D eigenvalue weighted by Crippen LogP contribution is -2.16. The lowest BCUT2D eigenvalue weighted by molar-refractivity contribution is 0.171. The smallest absolute Gasteiger partial charge is 0.427 e. The van der Waals surface area contributed by atoms with Gasteiger partial charge in [0.25, 0.3) is 0 Å². The Hall–Kier alpha value is -3.22. The van der Waals surface area contributed by atoms with Gasteiger partial charge in [-0.1, -0.05) is 19.1 Å². The van der Waals surface area contributed by atoms with E-state index >= 15 is 0 Å². The molecule has 0 saturated carbocycles. The van der Waals surface area contributed by atoms with Crippen molar-refractivity contribution < 1.29 is 23.7 Å². The molecule has 0 unspecified atom stereocenters. The second kappa shape index (κ2) is 11.5. The van der Waals surface area contributed by atoms with Crippen LogP contribution in [0.15, 0.2) is 47.6 Å². The largest absolute Gasteiger partial charge is 0.493 e. The van der Waals surface area contributed by atoms with Crippen LogP contribution in [0.4, 0.5) is 4.79 Å². The summed E-state index contributed by atoms with van der Waals surface area (Å²) >= 11 is 0. The Balaban J connectivity index is 1.78. The molecular weight excluding hydrogens is 360 g/mol. The number of amides is 1. The summed E-state index contributed by atoms with van der Waals surface area (Å²) in [6.45, 7) is 3.19. The van der Waals surface area contributed by atoms with E-state index < -0.39 is 6.09 Å². The van der Waals surface area contributed by atoms with Gasteiger partial charge in [0.05, 0.1) is 33.6 Å². The predicted molar refractivity (Wildman–Crippen MR) is 108 cm³/mol. The van der Waals surface area contributed by atoms with Crippen molar-refractivity contribution in [3.05, 3.63) is 53.6 Å². The highest BCUT2D eigenvalue weighted by Gasteiger charge is 2.05. The number of benzene rings is 2.